The number of aromatic carboxylic acids is 1. The largest absolute Gasteiger partial charge is 0.477 e. The van der Waals surface area contributed by atoms with Crippen LogP contribution in [0.15, 0.2) is 29.6 Å². The number of nitrogens with zero attached hydrogens (tertiary/aromatic N) is 1. The first-order chi connectivity index (χ1) is 9.50. The highest BCUT2D eigenvalue weighted by Gasteiger charge is 2.38. The van der Waals surface area contributed by atoms with E-state index < -0.39 is 17.8 Å². The van der Waals surface area contributed by atoms with Gasteiger partial charge in [0.25, 0.3) is 11.8 Å². The SMILES string of the molecule is Cc1ccc2c(c1)C(=O)N(c1ccsc1C(=O)O)C2=O. The molecule has 6 heteroatoms. The van der Waals surface area contributed by atoms with Gasteiger partial charge >= 0.3 is 5.97 Å². The fourth-order valence-corrected chi connectivity index (χ4v) is 2.93. The van der Waals surface area contributed by atoms with Crippen molar-refractivity contribution in [3.63, 3.8) is 0 Å². The third-order valence-corrected chi connectivity index (χ3v) is 4.01. The molecule has 0 radical (unpaired) electrons. The number of rotatable bonds is 2. The third-order valence-electron chi connectivity index (χ3n) is 3.12. The Bertz CT molecular complexity index is 762. The van der Waals surface area contributed by atoms with Gasteiger partial charge in [-0.3, -0.25) is 9.59 Å². The Morgan fingerprint density at radius 3 is 2.55 bits per heavy atom. The molecule has 1 aliphatic rings. The average molecular weight is 287 g/mol. The minimum Gasteiger partial charge on any atom is -0.477 e. The maximum absolute atomic E-state index is 12.3. The number of carboxylic acids is 1. The van der Waals surface area contributed by atoms with Crippen LogP contribution in [-0.2, 0) is 0 Å². The summed E-state index contributed by atoms with van der Waals surface area (Å²) in [5, 5.41) is 10.7. The number of hydrogen-bond acceptors (Lipinski definition) is 4. The summed E-state index contributed by atoms with van der Waals surface area (Å²) in [4.78, 5) is 36.7. The molecule has 0 saturated heterocycles. The molecule has 2 amide bonds. The maximum atomic E-state index is 12.3. The van der Waals surface area contributed by atoms with Crippen molar-refractivity contribution in [3.05, 3.63) is 51.2 Å². The second kappa shape index (κ2) is 4.28. The van der Waals surface area contributed by atoms with Crippen LogP contribution in [0, 0.1) is 6.92 Å². The van der Waals surface area contributed by atoms with Gasteiger partial charge in [-0.1, -0.05) is 11.6 Å². The van der Waals surface area contributed by atoms with Crippen molar-refractivity contribution in [2.45, 2.75) is 6.92 Å². The van der Waals surface area contributed by atoms with Crippen molar-refractivity contribution in [2.75, 3.05) is 4.90 Å². The van der Waals surface area contributed by atoms with Crippen LogP contribution in [0.25, 0.3) is 0 Å². The first kappa shape index (κ1) is 12.6. The Morgan fingerprint density at radius 1 is 1.15 bits per heavy atom. The summed E-state index contributed by atoms with van der Waals surface area (Å²) in [6.07, 6.45) is 0. The van der Waals surface area contributed by atoms with Gasteiger partial charge in [-0.25, -0.2) is 9.69 Å². The lowest BCUT2D eigenvalue weighted by Crippen LogP contribution is -2.30. The summed E-state index contributed by atoms with van der Waals surface area (Å²) in [6, 6.07) is 6.46. The number of amides is 2. The summed E-state index contributed by atoms with van der Waals surface area (Å²) in [7, 11) is 0. The van der Waals surface area contributed by atoms with Crippen LogP contribution in [0.1, 0.15) is 36.0 Å². The average Bonchev–Trinajstić information content (AvgIpc) is 2.95. The summed E-state index contributed by atoms with van der Waals surface area (Å²) >= 11 is 0.985. The molecule has 0 aliphatic carbocycles. The lowest BCUT2D eigenvalue weighted by Gasteiger charge is -2.12. The highest BCUT2D eigenvalue weighted by molar-refractivity contribution is 7.12. The number of thiophene rings is 1. The van der Waals surface area contributed by atoms with Crippen LogP contribution in [0.4, 0.5) is 5.69 Å². The van der Waals surface area contributed by atoms with Gasteiger partial charge in [-0.05, 0) is 30.5 Å². The zero-order valence-electron chi connectivity index (χ0n) is 10.4. The fraction of sp³-hybridized carbons (Fsp3) is 0.0714. The van der Waals surface area contributed by atoms with Crippen LogP contribution < -0.4 is 4.90 Å². The van der Waals surface area contributed by atoms with E-state index >= 15 is 0 Å². The van der Waals surface area contributed by atoms with Crippen molar-refractivity contribution in [1.29, 1.82) is 0 Å². The number of imide groups is 1. The summed E-state index contributed by atoms with van der Waals surface area (Å²) in [5.74, 6) is -2.11. The lowest BCUT2D eigenvalue weighted by atomic mass is 10.1. The van der Waals surface area contributed by atoms with Gasteiger partial charge in [0.05, 0.1) is 16.8 Å². The molecule has 0 bridgehead atoms. The zero-order chi connectivity index (χ0) is 14.4. The van der Waals surface area contributed by atoms with E-state index in [1.807, 2.05) is 6.92 Å². The molecule has 1 N–H and O–H groups in total. The van der Waals surface area contributed by atoms with E-state index in [1.165, 1.54) is 6.07 Å². The van der Waals surface area contributed by atoms with Gasteiger partial charge in [0.1, 0.15) is 4.88 Å². The van der Waals surface area contributed by atoms with E-state index in [0.717, 1.165) is 21.8 Å². The summed E-state index contributed by atoms with van der Waals surface area (Å²) < 4.78 is 0. The second-order valence-corrected chi connectivity index (χ2v) is 5.35. The van der Waals surface area contributed by atoms with E-state index in [-0.39, 0.29) is 10.6 Å². The van der Waals surface area contributed by atoms with E-state index in [4.69, 9.17) is 5.11 Å². The molecular weight excluding hydrogens is 278 g/mol. The molecule has 1 aromatic heterocycles. The van der Waals surface area contributed by atoms with Crippen LogP contribution in [0.3, 0.4) is 0 Å². The monoisotopic (exact) mass is 287 g/mol. The van der Waals surface area contributed by atoms with Gasteiger partial charge in [0.15, 0.2) is 0 Å². The molecule has 0 saturated carbocycles. The molecule has 1 aliphatic heterocycles. The molecule has 20 heavy (non-hydrogen) atoms. The fourth-order valence-electron chi connectivity index (χ4n) is 2.21. The quantitative estimate of drug-likeness (QED) is 0.861. The van der Waals surface area contributed by atoms with Crippen LogP contribution >= 0.6 is 11.3 Å². The number of anilines is 1. The van der Waals surface area contributed by atoms with Gasteiger partial charge in [0, 0.05) is 0 Å². The molecule has 2 heterocycles. The first-order valence-electron chi connectivity index (χ1n) is 5.81. The smallest absolute Gasteiger partial charge is 0.348 e. The van der Waals surface area contributed by atoms with Crippen molar-refractivity contribution in [2.24, 2.45) is 0 Å². The van der Waals surface area contributed by atoms with Crippen molar-refractivity contribution < 1.29 is 19.5 Å². The zero-order valence-corrected chi connectivity index (χ0v) is 11.2. The minimum atomic E-state index is -1.15. The van der Waals surface area contributed by atoms with Crippen molar-refractivity contribution >= 4 is 34.8 Å². The van der Waals surface area contributed by atoms with Crippen molar-refractivity contribution in [3.8, 4) is 0 Å². The van der Waals surface area contributed by atoms with Gasteiger partial charge in [-0.15, -0.1) is 11.3 Å². The van der Waals surface area contributed by atoms with Crippen LogP contribution in [-0.4, -0.2) is 22.9 Å². The summed E-state index contributed by atoms with van der Waals surface area (Å²) in [5.41, 5.74) is 1.63. The predicted octanol–water partition coefficient (Wildman–Crippen LogP) is 2.56. The van der Waals surface area contributed by atoms with E-state index in [1.54, 1.807) is 23.6 Å². The highest BCUT2D eigenvalue weighted by Crippen LogP contribution is 2.33. The molecule has 2 aromatic rings. The highest BCUT2D eigenvalue weighted by atomic mass is 32.1. The minimum absolute atomic E-state index is 0.0174. The molecule has 1 aromatic carbocycles. The molecule has 0 atom stereocenters. The first-order valence-corrected chi connectivity index (χ1v) is 6.69. The molecule has 0 spiro atoms. The van der Waals surface area contributed by atoms with E-state index in [2.05, 4.69) is 0 Å². The number of carbonyl (C=O) groups excluding carboxylic acids is 2. The van der Waals surface area contributed by atoms with Gasteiger partial charge in [0.2, 0.25) is 0 Å². The second-order valence-electron chi connectivity index (χ2n) is 4.43. The number of carbonyl (C=O) groups is 3. The number of fused-ring (bicyclic) bond motifs is 1. The Hall–Kier alpha value is -2.47. The van der Waals surface area contributed by atoms with E-state index in [0.29, 0.717) is 11.1 Å². The molecular formula is C14H9NO4S. The topological polar surface area (TPSA) is 74.7 Å². The van der Waals surface area contributed by atoms with Crippen LogP contribution in [0.2, 0.25) is 0 Å². The number of hydrogen-bond donors (Lipinski definition) is 1. The molecule has 0 unspecified atom stereocenters. The molecule has 5 nitrogen and oxygen atoms in total. The Kier molecular flexibility index (Phi) is 2.69. The standard InChI is InChI=1S/C14H9NO4S/c1-7-2-3-8-9(6-7)13(17)15(12(8)16)10-4-5-20-11(10)14(18)19/h2-6H,1H3,(H,18,19). The normalized spacial score (nSPS) is 13.8. The van der Waals surface area contributed by atoms with Crippen LogP contribution in [0.5, 0.6) is 0 Å². The van der Waals surface area contributed by atoms with Gasteiger partial charge < -0.3 is 5.11 Å². The van der Waals surface area contributed by atoms with Gasteiger partial charge in [-0.2, -0.15) is 0 Å². The lowest BCUT2D eigenvalue weighted by molar-refractivity contribution is 0.0703. The Morgan fingerprint density at radius 2 is 1.85 bits per heavy atom. The third kappa shape index (κ3) is 1.65. The molecule has 100 valence electrons. The Labute approximate surface area is 118 Å². The predicted molar refractivity (Wildman–Crippen MR) is 73.6 cm³/mol. The maximum Gasteiger partial charge on any atom is 0.348 e. The van der Waals surface area contributed by atoms with E-state index in [9.17, 15) is 14.4 Å². The molecule has 3 rings (SSSR count). The van der Waals surface area contributed by atoms with Crippen molar-refractivity contribution in [1.82, 2.24) is 0 Å². The number of carboxylic acid groups (broad SMARTS) is 1. The molecule has 0 fully saturated rings. The number of aryl methyl sites for hydroxylation is 1. The summed E-state index contributed by atoms with van der Waals surface area (Å²) in [6.45, 7) is 1.83. The number of benzene rings is 1. The Balaban J connectivity index is 2.14.